The number of ether oxygens (including phenoxy) is 2. The number of carbonyl (C=O) groups excluding carboxylic acids is 2. The lowest BCUT2D eigenvalue weighted by Crippen LogP contribution is -2.46. The maximum atomic E-state index is 12.2. The average Bonchev–Trinajstić information content (AvgIpc) is 2.86. The zero-order chi connectivity index (χ0) is 15.1. The summed E-state index contributed by atoms with van der Waals surface area (Å²) < 4.78 is 10.6. The highest BCUT2D eigenvalue weighted by Gasteiger charge is 2.55. The predicted octanol–water partition coefficient (Wildman–Crippen LogP) is 1.50. The fraction of sp³-hybridized carbons (Fsp3) is 0.750. The Labute approximate surface area is 125 Å². The molecule has 0 aromatic carbocycles. The molecule has 0 aromatic heterocycles. The number of amides is 1. The van der Waals surface area contributed by atoms with Gasteiger partial charge in [-0.15, -0.1) is 0 Å². The van der Waals surface area contributed by atoms with Crippen LogP contribution >= 0.6 is 15.9 Å². The van der Waals surface area contributed by atoms with E-state index in [1.54, 1.807) is 20.8 Å². The number of methoxy groups -OCH3 is 1. The zero-order valence-electron chi connectivity index (χ0n) is 11.8. The Kier molecular flexibility index (Phi) is 3.95. The molecular weight excluding hydrogens is 332 g/mol. The molecule has 2 aliphatic rings. The van der Waals surface area contributed by atoms with Crippen molar-refractivity contribution < 1.29 is 23.9 Å². The monoisotopic (exact) mass is 348 g/mol. The minimum absolute atomic E-state index is 0.234. The van der Waals surface area contributed by atoms with Gasteiger partial charge in [0.15, 0.2) is 6.10 Å². The first-order chi connectivity index (χ1) is 9.24. The van der Waals surface area contributed by atoms with E-state index in [0.717, 1.165) is 0 Å². The lowest BCUT2D eigenvalue weighted by molar-refractivity contribution is -0.146. The van der Waals surface area contributed by atoms with Crippen LogP contribution in [0, 0.1) is 5.92 Å². The quantitative estimate of drug-likeness (QED) is 0.671. The minimum Gasteiger partial charge on any atom is -0.467 e. The molecule has 112 valence electrons. The molecule has 1 fully saturated rings. The normalized spacial score (nSPS) is 28.6. The topological polar surface area (TPSA) is 77.4 Å². The lowest BCUT2D eigenvalue weighted by atomic mass is 10.0. The van der Waals surface area contributed by atoms with Crippen LogP contribution in [0.5, 0.6) is 0 Å². The summed E-state index contributed by atoms with van der Waals surface area (Å²) in [5, 5.41) is 3.80. The molecule has 0 aromatic rings. The third-order valence-electron chi connectivity index (χ3n) is 3.07. The second-order valence-corrected chi connectivity index (χ2v) is 6.50. The van der Waals surface area contributed by atoms with Crippen LogP contribution in [0.3, 0.4) is 0 Å². The molecule has 0 N–H and O–H groups in total. The standard InChI is InChI=1S/C12H17BrN2O5/c1-12(2,3)19-11(17)15-5-6-7(9(13)14-20-6)8(15)10(16)18-4/h6-8H,5H2,1-4H3/t6-,7-,8-/m0/s1. The molecule has 1 saturated heterocycles. The number of carbonyl (C=O) groups is 2. The molecule has 2 aliphatic heterocycles. The molecule has 0 radical (unpaired) electrons. The van der Waals surface area contributed by atoms with Crippen molar-refractivity contribution in [2.45, 2.75) is 38.5 Å². The number of hydrogen-bond acceptors (Lipinski definition) is 6. The van der Waals surface area contributed by atoms with Gasteiger partial charge in [-0.2, -0.15) is 0 Å². The van der Waals surface area contributed by atoms with Crippen molar-refractivity contribution in [3.05, 3.63) is 0 Å². The Balaban J connectivity index is 2.22. The molecule has 0 saturated carbocycles. The minimum atomic E-state index is -0.791. The molecule has 0 aliphatic carbocycles. The summed E-state index contributed by atoms with van der Waals surface area (Å²) in [6, 6.07) is -0.791. The van der Waals surface area contributed by atoms with Crippen molar-refractivity contribution in [1.82, 2.24) is 4.90 Å². The van der Waals surface area contributed by atoms with Crippen LogP contribution in [0.2, 0.25) is 0 Å². The summed E-state index contributed by atoms with van der Waals surface area (Å²) in [6.45, 7) is 5.53. The maximum absolute atomic E-state index is 12.2. The van der Waals surface area contributed by atoms with Crippen molar-refractivity contribution >= 4 is 32.6 Å². The molecule has 3 atom stereocenters. The van der Waals surface area contributed by atoms with Crippen LogP contribution in [-0.4, -0.2) is 53.0 Å². The lowest BCUT2D eigenvalue weighted by Gasteiger charge is -2.28. The summed E-state index contributed by atoms with van der Waals surface area (Å²) in [6.07, 6.45) is -0.924. The Morgan fingerprint density at radius 3 is 2.65 bits per heavy atom. The van der Waals surface area contributed by atoms with Gasteiger partial charge in [-0.25, -0.2) is 9.59 Å². The Bertz CT molecular complexity index is 459. The molecule has 0 unspecified atom stereocenters. The van der Waals surface area contributed by atoms with Gasteiger partial charge in [0.05, 0.1) is 19.6 Å². The van der Waals surface area contributed by atoms with E-state index < -0.39 is 23.7 Å². The molecule has 7 nitrogen and oxygen atoms in total. The van der Waals surface area contributed by atoms with E-state index in [1.165, 1.54) is 12.0 Å². The van der Waals surface area contributed by atoms with E-state index in [4.69, 9.17) is 14.3 Å². The van der Waals surface area contributed by atoms with Crippen LogP contribution in [0.1, 0.15) is 20.8 Å². The number of halogens is 1. The number of fused-ring (bicyclic) bond motifs is 1. The zero-order valence-corrected chi connectivity index (χ0v) is 13.3. The van der Waals surface area contributed by atoms with Crippen molar-refractivity contribution in [3.8, 4) is 0 Å². The number of nitrogens with zero attached hydrogens (tertiary/aromatic N) is 2. The summed E-state index contributed by atoms with van der Waals surface area (Å²) in [4.78, 5) is 30.7. The number of rotatable bonds is 1. The largest absolute Gasteiger partial charge is 0.467 e. The molecule has 1 amide bonds. The summed E-state index contributed by atoms with van der Waals surface area (Å²) >= 11 is 3.26. The van der Waals surface area contributed by atoms with Crippen LogP contribution in [0.25, 0.3) is 0 Å². The number of likely N-dealkylation sites (tertiary alicyclic amines) is 1. The number of oxime groups is 1. The molecule has 2 heterocycles. The second-order valence-electron chi connectivity index (χ2n) is 5.68. The van der Waals surface area contributed by atoms with Crippen LogP contribution < -0.4 is 0 Å². The van der Waals surface area contributed by atoms with E-state index in [1.807, 2.05) is 0 Å². The summed E-state index contributed by atoms with van der Waals surface area (Å²) in [5.41, 5.74) is -0.637. The number of esters is 1. The Morgan fingerprint density at radius 1 is 1.45 bits per heavy atom. The first kappa shape index (κ1) is 15.1. The van der Waals surface area contributed by atoms with Gasteiger partial charge in [0, 0.05) is 0 Å². The molecular formula is C12H17BrN2O5. The fourth-order valence-electron chi connectivity index (χ4n) is 2.28. The van der Waals surface area contributed by atoms with E-state index in [9.17, 15) is 9.59 Å². The molecule has 0 bridgehead atoms. The van der Waals surface area contributed by atoms with E-state index in [2.05, 4.69) is 21.1 Å². The van der Waals surface area contributed by atoms with Gasteiger partial charge in [0.2, 0.25) is 0 Å². The summed E-state index contributed by atoms with van der Waals surface area (Å²) in [7, 11) is 1.28. The van der Waals surface area contributed by atoms with Crippen LogP contribution in [-0.2, 0) is 19.1 Å². The molecule has 0 spiro atoms. The van der Waals surface area contributed by atoms with Gasteiger partial charge < -0.3 is 14.3 Å². The van der Waals surface area contributed by atoms with Crippen molar-refractivity contribution in [2.24, 2.45) is 11.1 Å². The van der Waals surface area contributed by atoms with E-state index >= 15 is 0 Å². The molecule has 8 heteroatoms. The van der Waals surface area contributed by atoms with Gasteiger partial charge in [-0.1, -0.05) is 5.16 Å². The first-order valence-electron chi connectivity index (χ1n) is 6.21. The Hall–Kier alpha value is -1.31. The smallest absolute Gasteiger partial charge is 0.411 e. The highest BCUT2D eigenvalue weighted by molar-refractivity contribution is 9.18. The van der Waals surface area contributed by atoms with Gasteiger partial charge in [0.1, 0.15) is 16.3 Å². The number of hydrogen-bond donors (Lipinski definition) is 0. The first-order valence-corrected chi connectivity index (χ1v) is 7.00. The van der Waals surface area contributed by atoms with Crippen molar-refractivity contribution in [1.29, 1.82) is 0 Å². The Morgan fingerprint density at radius 2 is 2.10 bits per heavy atom. The van der Waals surface area contributed by atoms with E-state index in [-0.39, 0.29) is 18.6 Å². The maximum Gasteiger partial charge on any atom is 0.411 e. The van der Waals surface area contributed by atoms with Crippen molar-refractivity contribution in [3.63, 3.8) is 0 Å². The highest BCUT2D eigenvalue weighted by atomic mass is 79.9. The van der Waals surface area contributed by atoms with Crippen LogP contribution in [0.4, 0.5) is 4.79 Å². The van der Waals surface area contributed by atoms with Gasteiger partial charge >= 0.3 is 12.1 Å². The fourth-order valence-corrected chi connectivity index (χ4v) is 2.91. The van der Waals surface area contributed by atoms with Crippen molar-refractivity contribution in [2.75, 3.05) is 13.7 Å². The third-order valence-corrected chi connectivity index (χ3v) is 3.75. The van der Waals surface area contributed by atoms with Gasteiger partial charge in [0.25, 0.3) is 0 Å². The summed E-state index contributed by atoms with van der Waals surface area (Å²) in [5.74, 6) is -0.865. The average molecular weight is 349 g/mol. The molecule has 2 rings (SSSR count). The van der Waals surface area contributed by atoms with E-state index in [0.29, 0.717) is 4.62 Å². The second kappa shape index (κ2) is 5.23. The van der Waals surface area contributed by atoms with Gasteiger partial charge in [-0.3, -0.25) is 4.90 Å². The highest BCUT2D eigenvalue weighted by Crippen LogP contribution is 2.36. The SMILES string of the molecule is COC(=O)[C@@H]1[C@H]2C(Br)=NO[C@H]2CN1C(=O)OC(C)(C)C. The molecule has 20 heavy (non-hydrogen) atoms. The van der Waals surface area contributed by atoms with Crippen LogP contribution in [0.15, 0.2) is 5.16 Å². The third kappa shape index (κ3) is 2.74. The predicted molar refractivity (Wildman–Crippen MR) is 73.5 cm³/mol. The van der Waals surface area contributed by atoms with Gasteiger partial charge in [-0.05, 0) is 36.7 Å².